The van der Waals surface area contributed by atoms with E-state index in [0.717, 1.165) is 12.8 Å². The van der Waals surface area contributed by atoms with Crippen LogP contribution < -0.4 is 5.73 Å². The Morgan fingerprint density at radius 3 is 2.36 bits per heavy atom. The summed E-state index contributed by atoms with van der Waals surface area (Å²) in [5, 5.41) is 0. The molecule has 0 aromatic heterocycles. The molecule has 0 spiro atoms. The van der Waals surface area contributed by atoms with Gasteiger partial charge in [-0.3, -0.25) is 0 Å². The molecule has 0 aliphatic heterocycles. The van der Waals surface area contributed by atoms with Crippen molar-refractivity contribution in [3.05, 3.63) is 12.7 Å². The molecule has 1 unspecified atom stereocenters. The van der Waals surface area contributed by atoms with Crippen LogP contribution in [0.4, 0.5) is 0 Å². The lowest BCUT2D eigenvalue weighted by Crippen LogP contribution is -2.21. The van der Waals surface area contributed by atoms with Crippen LogP contribution in [0.3, 0.4) is 0 Å². The highest BCUT2D eigenvalue weighted by Crippen LogP contribution is 2.21. The van der Waals surface area contributed by atoms with E-state index in [9.17, 15) is 0 Å². The number of hydrogen-bond acceptors (Lipinski definition) is 1. The van der Waals surface area contributed by atoms with Gasteiger partial charge in [-0.05, 0) is 24.7 Å². The standard InChI is InChI=1S/C10H21N/c1-5-6-9(11)7-8-10(2,3)4/h5,9H,1,6-8,11H2,2-4H3. The van der Waals surface area contributed by atoms with Gasteiger partial charge >= 0.3 is 0 Å². The molecule has 0 saturated carbocycles. The summed E-state index contributed by atoms with van der Waals surface area (Å²) in [6.07, 6.45) is 5.14. The second kappa shape index (κ2) is 4.55. The zero-order valence-corrected chi connectivity index (χ0v) is 8.06. The highest BCUT2D eigenvalue weighted by atomic mass is 14.6. The number of nitrogens with two attached hydrogens (primary N) is 1. The van der Waals surface area contributed by atoms with E-state index in [4.69, 9.17) is 5.73 Å². The molecular weight excluding hydrogens is 134 g/mol. The zero-order chi connectivity index (χ0) is 8.91. The lowest BCUT2D eigenvalue weighted by atomic mass is 9.88. The van der Waals surface area contributed by atoms with Crippen LogP contribution in [0.25, 0.3) is 0 Å². The summed E-state index contributed by atoms with van der Waals surface area (Å²) in [7, 11) is 0. The second-order valence-electron chi connectivity index (χ2n) is 4.38. The van der Waals surface area contributed by atoms with Gasteiger partial charge in [-0.2, -0.15) is 0 Å². The van der Waals surface area contributed by atoms with Crippen molar-refractivity contribution < 1.29 is 0 Å². The Morgan fingerprint density at radius 1 is 1.45 bits per heavy atom. The van der Waals surface area contributed by atoms with Gasteiger partial charge in [0, 0.05) is 6.04 Å². The largest absolute Gasteiger partial charge is 0.327 e. The molecule has 0 aromatic carbocycles. The van der Waals surface area contributed by atoms with Crippen molar-refractivity contribution in [2.45, 2.75) is 46.1 Å². The van der Waals surface area contributed by atoms with Gasteiger partial charge in [0.05, 0.1) is 0 Å². The molecule has 66 valence electrons. The predicted octanol–water partition coefficient (Wildman–Crippen LogP) is 2.72. The normalized spacial score (nSPS) is 14.5. The predicted molar refractivity (Wildman–Crippen MR) is 51.5 cm³/mol. The number of rotatable bonds is 4. The Morgan fingerprint density at radius 2 is 2.00 bits per heavy atom. The van der Waals surface area contributed by atoms with Crippen molar-refractivity contribution in [1.29, 1.82) is 0 Å². The van der Waals surface area contributed by atoms with Crippen LogP contribution in [0.1, 0.15) is 40.0 Å². The van der Waals surface area contributed by atoms with Crippen molar-refractivity contribution >= 4 is 0 Å². The molecule has 0 aromatic rings. The molecule has 1 nitrogen and oxygen atoms in total. The van der Waals surface area contributed by atoms with E-state index in [-0.39, 0.29) is 0 Å². The minimum atomic E-state index is 0.312. The maximum atomic E-state index is 5.82. The average Bonchev–Trinajstić information content (AvgIpc) is 1.83. The van der Waals surface area contributed by atoms with Gasteiger partial charge in [-0.1, -0.05) is 26.8 Å². The molecule has 0 fully saturated rings. The first-order chi connectivity index (χ1) is 4.95. The molecule has 1 heteroatoms. The van der Waals surface area contributed by atoms with E-state index in [2.05, 4.69) is 27.4 Å². The summed E-state index contributed by atoms with van der Waals surface area (Å²) >= 11 is 0. The summed E-state index contributed by atoms with van der Waals surface area (Å²) in [6, 6.07) is 0.312. The quantitative estimate of drug-likeness (QED) is 0.621. The summed E-state index contributed by atoms with van der Waals surface area (Å²) in [6.45, 7) is 10.4. The number of hydrogen-bond donors (Lipinski definition) is 1. The van der Waals surface area contributed by atoms with Crippen LogP contribution in [0.5, 0.6) is 0 Å². The van der Waals surface area contributed by atoms with E-state index in [1.54, 1.807) is 0 Å². The first-order valence-corrected chi connectivity index (χ1v) is 4.32. The maximum absolute atomic E-state index is 5.82. The van der Waals surface area contributed by atoms with E-state index in [1.807, 2.05) is 6.08 Å². The Kier molecular flexibility index (Phi) is 4.43. The van der Waals surface area contributed by atoms with Crippen LogP contribution in [0.2, 0.25) is 0 Å². The smallest absolute Gasteiger partial charge is 0.00735 e. The molecule has 0 rings (SSSR count). The fourth-order valence-corrected chi connectivity index (χ4v) is 0.950. The molecule has 0 amide bonds. The van der Waals surface area contributed by atoms with E-state index in [0.29, 0.717) is 11.5 Å². The molecule has 2 N–H and O–H groups in total. The minimum absolute atomic E-state index is 0.312. The monoisotopic (exact) mass is 155 g/mol. The SMILES string of the molecule is C=CCC(N)CCC(C)(C)C. The first kappa shape index (κ1) is 10.7. The third kappa shape index (κ3) is 7.60. The van der Waals surface area contributed by atoms with E-state index < -0.39 is 0 Å². The van der Waals surface area contributed by atoms with Gasteiger partial charge in [-0.15, -0.1) is 6.58 Å². The first-order valence-electron chi connectivity index (χ1n) is 4.32. The van der Waals surface area contributed by atoms with Crippen molar-refractivity contribution in [3.8, 4) is 0 Å². The molecule has 0 bridgehead atoms. The highest BCUT2D eigenvalue weighted by molar-refractivity contribution is 4.76. The molecule has 0 aliphatic carbocycles. The Bertz CT molecular complexity index is 111. The molecule has 0 aliphatic rings. The summed E-state index contributed by atoms with van der Waals surface area (Å²) in [5.41, 5.74) is 6.24. The molecular formula is C10H21N. The lowest BCUT2D eigenvalue weighted by molar-refractivity contribution is 0.348. The molecule has 11 heavy (non-hydrogen) atoms. The fourth-order valence-electron chi connectivity index (χ4n) is 0.950. The van der Waals surface area contributed by atoms with E-state index >= 15 is 0 Å². The average molecular weight is 155 g/mol. The molecule has 0 radical (unpaired) electrons. The van der Waals surface area contributed by atoms with Gasteiger partial charge in [0.2, 0.25) is 0 Å². The summed E-state index contributed by atoms with van der Waals surface area (Å²) in [5.74, 6) is 0. The molecule has 1 atom stereocenters. The van der Waals surface area contributed by atoms with Crippen LogP contribution in [-0.4, -0.2) is 6.04 Å². The fraction of sp³-hybridized carbons (Fsp3) is 0.800. The van der Waals surface area contributed by atoms with Gasteiger partial charge in [0.1, 0.15) is 0 Å². The van der Waals surface area contributed by atoms with Gasteiger partial charge < -0.3 is 5.73 Å². The zero-order valence-electron chi connectivity index (χ0n) is 8.06. The molecule has 0 saturated heterocycles. The van der Waals surface area contributed by atoms with Crippen molar-refractivity contribution in [2.24, 2.45) is 11.1 Å². The van der Waals surface area contributed by atoms with E-state index in [1.165, 1.54) is 6.42 Å². The summed E-state index contributed by atoms with van der Waals surface area (Å²) < 4.78 is 0. The van der Waals surface area contributed by atoms with Crippen LogP contribution in [0, 0.1) is 5.41 Å². The second-order valence-corrected chi connectivity index (χ2v) is 4.38. The van der Waals surface area contributed by atoms with Gasteiger partial charge in [-0.25, -0.2) is 0 Å². The van der Waals surface area contributed by atoms with Crippen molar-refractivity contribution in [3.63, 3.8) is 0 Å². The van der Waals surface area contributed by atoms with Crippen LogP contribution in [0.15, 0.2) is 12.7 Å². The maximum Gasteiger partial charge on any atom is 0.00735 e. The third-order valence-electron chi connectivity index (χ3n) is 1.73. The summed E-state index contributed by atoms with van der Waals surface area (Å²) in [4.78, 5) is 0. The molecule has 0 heterocycles. The highest BCUT2D eigenvalue weighted by Gasteiger charge is 2.11. The third-order valence-corrected chi connectivity index (χ3v) is 1.73. The Balaban J connectivity index is 3.45. The van der Waals surface area contributed by atoms with Gasteiger partial charge in [0.25, 0.3) is 0 Å². The lowest BCUT2D eigenvalue weighted by Gasteiger charge is -2.20. The Labute approximate surface area is 70.7 Å². The van der Waals surface area contributed by atoms with Gasteiger partial charge in [0.15, 0.2) is 0 Å². The minimum Gasteiger partial charge on any atom is -0.327 e. The van der Waals surface area contributed by atoms with Crippen LogP contribution >= 0.6 is 0 Å². The Hall–Kier alpha value is -0.300. The topological polar surface area (TPSA) is 26.0 Å². The van der Waals surface area contributed by atoms with Crippen molar-refractivity contribution in [2.75, 3.05) is 0 Å². The van der Waals surface area contributed by atoms with Crippen LogP contribution in [-0.2, 0) is 0 Å². The van der Waals surface area contributed by atoms with Crippen molar-refractivity contribution in [1.82, 2.24) is 0 Å².